The SMILES string of the molecule is c1ccc2c(c1)cn1c3ccccc3[nH]c21. The van der Waals surface area contributed by atoms with E-state index in [9.17, 15) is 0 Å². The molecule has 4 aromatic rings. The van der Waals surface area contributed by atoms with Crippen molar-refractivity contribution in [3.63, 3.8) is 0 Å². The Kier molecular flexibility index (Phi) is 1.33. The molecule has 0 aliphatic carbocycles. The van der Waals surface area contributed by atoms with Crippen molar-refractivity contribution in [2.75, 3.05) is 0 Å². The van der Waals surface area contributed by atoms with Crippen molar-refractivity contribution in [2.45, 2.75) is 0 Å². The van der Waals surface area contributed by atoms with Gasteiger partial charge in [-0.15, -0.1) is 0 Å². The molecule has 0 saturated heterocycles. The number of nitrogens with one attached hydrogen (secondary N) is 1. The number of hydrogen-bond donors (Lipinski definition) is 1. The van der Waals surface area contributed by atoms with Gasteiger partial charge in [0.1, 0.15) is 5.65 Å². The maximum atomic E-state index is 3.46. The van der Waals surface area contributed by atoms with E-state index in [0.29, 0.717) is 0 Å². The monoisotopic (exact) mass is 206 g/mol. The van der Waals surface area contributed by atoms with Gasteiger partial charge in [0.05, 0.1) is 11.0 Å². The number of imidazole rings is 1. The molecular formula is C14H10N2. The van der Waals surface area contributed by atoms with Gasteiger partial charge in [-0.1, -0.05) is 36.4 Å². The van der Waals surface area contributed by atoms with Crippen LogP contribution in [0.1, 0.15) is 0 Å². The Morgan fingerprint density at radius 2 is 1.69 bits per heavy atom. The summed E-state index contributed by atoms with van der Waals surface area (Å²) in [5.41, 5.74) is 3.59. The maximum Gasteiger partial charge on any atom is 0.123 e. The first-order valence-electron chi connectivity index (χ1n) is 5.40. The number of aromatic amines is 1. The molecular weight excluding hydrogens is 196 g/mol. The van der Waals surface area contributed by atoms with Crippen molar-refractivity contribution in [2.24, 2.45) is 0 Å². The Morgan fingerprint density at radius 1 is 0.875 bits per heavy atom. The van der Waals surface area contributed by atoms with Crippen LogP contribution in [0.5, 0.6) is 0 Å². The molecule has 2 nitrogen and oxygen atoms in total. The zero-order valence-electron chi connectivity index (χ0n) is 8.64. The summed E-state index contributed by atoms with van der Waals surface area (Å²) in [6, 6.07) is 16.8. The largest absolute Gasteiger partial charge is 0.339 e. The minimum Gasteiger partial charge on any atom is -0.339 e. The molecule has 0 aliphatic rings. The van der Waals surface area contributed by atoms with Crippen LogP contribution in [0.25, 0.3) is 27.5 Å². The van der Waals surface area contributed by atoms with Gasteiger partial charge in [-0.2, -0.15) is 0 Å². The number of para-hydroxylation sites is 2. The lowest BCUT2D eigenvalue weighted by atomic mass is 10.2. The Labute approximate surface area is 92.1 Å². The number of fused-ring (bicyclic) bond motifs is 5. The highest BCUT2D eigenvalue weighted by Crippen LogP contribution is 2.25. The fourth-order valence-corrected chi connectivity index (χ4v) is 2.39. The number of H-pyrrole nitrogens is 1. The number of hydrogen-bond acceptors (Lipinski definition) is 0. The summed E-state index contributed by atoms with van der Waals surface area (Å²) in [6.07, 6.45) is 2.18. The summed E-state index contributed by atoms with van der Waals surface area (Å²) < 4.78 is 2.22. The highest BCUT2D eigenvalue weighted by molar-refractivity contribution is 5.99. The molecule has 0 atom stereocenters. The van der Waals surface area contributed by atoms with Gasteiger partial charge in [-0.05, 0) is 12.1 Å². The second-order valence-corrected chi connectivity index (χ2v) is 4.08. The molecule has 4 rings (SSSR count). The second-order valence-electron chi connectivity index (χ2n) is 4.08. The molecule has 0 fully saturated rings. The van der Waals surface area contributed by atoms with Crippen LogP contribution in [-0.4, -0.2) is 9.38 Å². The van der Waals surface area contributed by atoms with Gasteiger partial charge in [-0.25, -0.2) is 0 Å². The number of aromatic nitrogens is 2. The molecule has 2 aromatic carbocycles. The molecule has 2 aromatic heterocycles. The van der Waals surface area contributed by atoms with Gasteiger partial charge in [0.2, 0.25) is 0 Å². The van der Waals surface area contributed by atoms with Crippen LogP contribution >= 0.6 is 0 Å². The first-order chi connectivity index (χ1) is 7.93. The van der Waals surface area contributed by atoms with Crippen LogP contribution < -0.4 is 0 Å². The highest BCUT2D eigenvalue weighted by Gasteiger charge is 2.07. The lowest BCUT2D eigenvalue weighted by molar-refractivity contribution is 1.29. The van der Waals surface area contributed by atoms with Gasteiger partial charge < -0.3 is 9.38 Å². The van der Waals surface area contributed by atoms with Gasteiger partial charge in [0.15, 0.2) is 0 Å². The molecule has 2 heterocycles. The molecule has 0 radical (unpaired) electrons. The summed E-state index contributed by atoms with van der Waals surface area (Å²) in [4.78, 5) is 3.46. The Morgan fingerprint density at radius 3 is 2.69 bits per heavy atom. The van der Waals surface area contributed by atoms with Crippen molar-refractivity contribution >= 4 is 27.5 Å². The average molecular weight is 206 g/mol. The fourth-order valence-electron chi connectivity index (χ4n) is 2.39. The fraction of sp³-hybridized carbons (Fsp3) is 0. The van der Waals surface area contributed by atoms with Gasteiger partial charge in [0.25, 0.3) is 0 Å². The van der Waals surface area contributed by atoms with Crippen LogP contribution in [0.2, 0.25) is 0 Å². The summed E-state index contributed by atoms with van der Waals surface area (Å²) in [6.45, 7) is 0. The minimum atomic E-state index is 1.18. The Bertz CT molecular complexity index is 735. The molecule has 2 heteroatoms. The zero-order valence-corrected chi connectivity index (χ0v) is 8.64. The normalized spacial score (nSPS) is 11.8. The van der Waals surface area contributed by atoms with Gasteiger partial charge in [-0.3, -0.25) is 0 Å². The Balaban J connectivity index is 2.35. The maximum absolute atomic E-state index is 3.46. The van der Waals surface area contributed by atoms with Crippen molar-refractivity contribution in [1.82, 2.24) is 9.38 Å². The molecule has 76 valence electrons. The number of nitrogens with zero attached hydrogens (tertiary/aromatic N) is 1. The van der Waals surface area contributed by atoms with E-state index in [4.69, 9.17) is 0 Å². The third kappa shape index (κ3) is 0.865. The topological polar surface area (TPSA) is 20.2 Å². The first kappa shape index (κ1) is 7.99. The highest BCUT2D eigenvalue weighted by atomic mass is 15.0. The molecule has 0 bridgehead atoms. The van der Waals surface area contributed by atoms with E-state index >= 15 is 0 Å². The molecule has 0 amide bonds. The number of benzene rings is 2. The predicted octanol–water partition coefficient (Wildman–Crippen LogP) is 3.57. The first-order valence-corrected chi connectivity index (χ1v) is 5.40. The molecule has 16 heavy (non-hydrogen) atoms. The molecule has 0 aliphatic heterocycles. The molecule has 0 spiro atoms. The zero-order chi connectivity index (χ0) is 10.5. The Hall–Kier alpha value is -2.22. The minimum absolute atomic E-state index is 1.18. The molecule has 0 unspecified atom stereocenters. The lowest BCUT2D eigenvalue weighted by Crippen LogP contribution is -1.73. The number of rotatable bonds is 0. The summed E-state index contributed by atoms with van der Waals surface area (Å²) in [5, 5.41) is 2.55. The summed E-state index contributed by atoms with van der Waals surface area (Å²) >= 11 is 0. The van der Waals surface area contributed by atoms with Crippen molar-refractivity contribution < 1.29 is 0 Å². The van der Waals surface area contributed by atoms with E-state index in [1.807, 2.05) is 0 Å². The van der Waals surface area contributed by atoms with E-state index in [-0.39, 0.29) is 0 Å². The van der Waals surface area contributed by atoms with Crippen LogP contribution in [0.3, 0.4) is 0 Å². The van der Waals surface area contributed by atoms with Gasteiger partial charge in [0, 0.05) is 17.0 Å². The third-order valence-corrected chi connectivity index (χ3v) is 3.14. The van der Waals surface area contributed by atoms with Crippen LogP contribution in [0.15, 0.2) is 54.7 Å². The van der Waals surface area contributed by atoms with Crippen LogP contribution in [0, 0.1) is 0 Å². The van der Waals surface area contributed by atoms with Crippen molar-refractivity contribution in [1.29, 1.82) is 0 Å². The van der Waals surface area contributed by atoms with Crippen LogP contribution in [-0.2, 0) is 0 Å². The average Bonchev–Trinajstić information content (AvgIpc) is 2.85. The lowest BCUT2D eigenvalue weighted by Gasteiger charge is -1.88. The summed E-state index contributed by atoms with van der Waals surface area (Å²) in [7, 11) is 0. The van der Waals surface area contributed by atoms with Gasteiger partial charge >= 0.3 is 0 Å². The van der Waals surface area contributed by atoms with E-state index in [2.05, 4.69) is 64.1 Å². The van der Waals surface area contributed by atoms with E-state index in [1.165, 1.54) is 27.5 Å². The second kappa shape index (κ2) is 2.67. The van der Waals surface area contributed by atoms with E-state index in [1.54, 1.807) is 0 Å². The molecule has 1 N–H and O–H groups in total. The standard InChI is InChI=1S/C14H10N2/c1-2-6-11-10(5-1)9-16-13-8-4-3-7-12(13)15-14(11)16/h1-9,15H. The third-order valence-electron chi connectivity index (χ3n) is 3.14. The quantitative estimate of drug-likeness (QED) is 0.454. The van der Waals surface area contributed by atoms with Crippen LogP contribution in [0.4, 0.5) is 0 Å². The van der Waals surface area contributed by atoms with E-state index < -0.39 is 0 Å². The summed E-state index contributed by atoms with van der Waals surface area (Å²) in [5.74, 6) is 0. The van der Waals surface area contributed by atoms with E-state index in [0.717, 1.165) is 0 Å². The smallest absolute Gasteiger partial charge is 0.123 e. The van der Waals surface area contributed by atoms with Crippen molar-refractivity contribution in [3.05, 3.63) is 54.7 Å². The predicted molar refractivity (Wildman–Crippen MR) is 66.8 cm³/mol. The van der Waals surface area contributed by atoms with Crippen molar-refractivity contribution in [3.8, 4) is 0 Å². The molecule has 0 saturated carbocycles.